The lowest BCUT2D eigenvalue weighted by molar-refractivity contribution is 0.0381. The van der Waals surface area contributed by atoms with Crippen molar-refractivity contribution in [3.05, 3.63) is 16.1 Å². The van der Waals surface area contributed by atoms with Crippen LogP contribution in [-0.2, 0) is 4.74 Å². The van der Waals surface area contributed by atoms with Crippen LogP contribution >= 0.6 is 23.2 Å². The summed E-state index contributed by atoms with van der Waals surface area (Å²) in [6, 6.07) is 1.64. The molecule has 112 valence electrons. The molecule has 2 rings (SSSR count). The number of aromatic nitrogens is 1. The number of hydrogen-bond donors (Lipinski definition) is 3. The molecule has 1 aromatic rings. The van der Waals surface area contributed by atoms with Gasteiger partial charge in [-0.3, -0.25) is 0 Å². The highest BCUT2D eigenvalue weighted by atomic mass is 35.5. The van der Waals surface area contributed by atoms with Crippen LogP contribution < -0.4 is 10.6 Å². The van der Waals surface area contributed by atoms with Crippen LogP contribution in [0.2, 0.25) is 10.0 Å². The fourth-order valence-corrected chi connectivity index (χ4v) is 2.43. The van der Waals surface area contributed by atoms with E-state index in [0.29, 0.717) is 47.9 Å². The van der Waals surface area contributed by atoms with Crippen molar-refractivity contribution in [2.75, 3.05) is 36.9 Å². The molecule has 0 aromatic carbocycles. The molecule has 1 aliphatic heterocycles. The topological polar surface area (TPSA) is 66.4 Å². The van der Waals surface area contributed by atoms with Gasteiger partial charge >= 0.3 is 0 Å². The average molecular weight is 320 g/mol. The third kappa shape index (κ3) is 3.88. The second-order valence-electron chi connectivity index (χ2n) is 4.96. The zero-order chi connectivity index (χ0) is 14.6. The van der Waals surface area contributed by atoms with Crippen LogP contribution in [0.4, 0.5) is 11.6 Å². The first kappa shape index (κ1) is 15.6. The molecule has 20 heavy (non-hydrogen) atoms. The number of aliphatic hydroxyl groups is 1. The summed E-state index contributed by atoms with van der Waals surface area (Å²) < 4.78 is 5.20. The number of nitrogens with zero attached hydrogens (tertiary/aromatic N) is 1. The van der Waals surface area contributed by atoms with Crippen LogP contribution in [0.15, 0.2) is 6.07 Å². The number of halogens is 2. The van der Waals surface area contributed by atoms with E-state index in [-0.39, 0.29) is 0 Å². The molecule has 0 spiro atoms. The van der Waals surface area contributed by atoms with Gasteiger partial charge in [0.2, 0.25) is 0 Å². The third-order valence-corrected chi connectivity index (χ3v) is 3.72. The van der Waals surface area contributed by atoms with Gasteiger partial charge in [0.25, 0.3) is 0 Å². The van der Waals surface area contributed by atoms with Crippen molar-refractivity contribution in [1.29, 1.82) is 0 Å². The number of hydrogen-bond acceptors (Lipinski definition) is 5. The Hall–Kier alpha value is -0.750. The Morgan fingerprint density at radius 1 is 1.35 bits per heavy atom. The second kappa shape index (κ2) is 6.80. The molecular formula is C13H19Cl2N3O2. The van der Waals surface area contributed by atoms with Crippen LogP contribution in [-0.4, -0.2) is 42.0 Å². The molecule has 1 atom stereocenters. The van der Waals surface area contributed by atoms with Crippen molar-refractivity contribution < 1.29 is 9.84 Å². The molecule has 5 nitrogen and oxygen atoms in total. The van der Waals surface area contributed by atoms with E-state index in [1.807, 2.05) is 0 Å². The van der Waals surface area contributed by atoms with Crippen molar-refractivity contribution in [2.45, 2.75) is 25.4 Å². The molecule has 1 unspecified atom stereocenters. The van der Waals surface area contributed by atoms with Gasteiger partial charge in [0.05, 0.1) is 16.7 Å². The minimum absolute atomic E-state index is 0.326. The number of rotatable bonds is 6. The lowest BCUT2D eigenvalue weighted by atomic mass is 10.0. The van der Waals surface area contributed by atoms with Crippen molar-refractivity contribution in [3.63, 3.8) is 0 Å². The average Bonchev–Trinajstić information content (AvgIpc) is 2.84. The van der Waals surface area contributed by atoms with E-state index in [0.717, 1.165) is 13.0 Å². The summed E-state index contributed by atoms with van der Waals surface area (Å²) in [4.78, 5) is 4.36. The molecule has 1 saturated heterocycles. The van der Waals surface area contributed by atoms with Gasteiger partial charge < -0.3 is 20.5 Å². The summed E-state index contributed by atoms with van der Waals surface area (Å²) in [5.74, 6) is 1.10. The van der Waals surface area contributed by atoms with Crippen LogP contribution in [0.25, 0.3) is 0 Å². The van der Waals surface area contributed by atoms with Crippen LogP contribution in [0.3, 0.4) is 0 Å². The van der Waals surface area contributed by atoms with E-state index >= 15 is 0 Å². The fourth-order valence-electron chi connectivity index (χ4n) is 1.94. The minimum Gasteiger partial charge on any atom is -0.386 e. The highest BCUT2D eigenvalue weighted by Crippen LogP contribution is 2.30. The maximum absolute atomic E-state index is 10.2. The van der Waals surface area contributed by atoms with Crippen molar-refractivity contribution in [3.8, 4) is 0 Å². The molecule has 2 heterocycles. The molecule has 1 fully saturated rings. The first-order valence-corrected chi connectivity index (χ1v) is 7.43. The lowest BCUT2D eigenvalue weighted by Crippen LogP contribution is -2.37. The summed E-state index contributed by atoms with van der Waals surface area (Å²) in [5, 5.41) is 17.3. The Morgan fingerprint density at radius 3 is 2.65 bits per heavy atom. The summed E-state index contributed by atoms with van der Waals surface area (Å²) in [7, 11) is 0. The van der Waals surface area contributed by atoms with Gasteiger partial charge in [-0.25, -0.2) is 4.98 Å². The van der Waals surface area contributed by atoms with E-state index < -0.39 is 5.60 Å². The first-order chi connectivity index (χ1) is 9.54. The van der Waals surface area contributed by atoms with Gasteiger partial charge in [0.1, 0.15) is 17.2 Å². The van der Waals surface area contributed by atoms with E-state index in [1.54, 1.807) is 6.07 Å². The van der Waals surface area contributed by atoms with Gasteiger partial charge in [-0.2, -0.15) is 0 Å². The third-order valence-electron chi connectivity index (χ3n) is 3.14. The summed E-state index contributed by atoms with van der Waals surface area (Å²) in [6.07, 6.45) is 1.58. The molecule has 1 aliphatic rings. The van der Waals surface area contributed by atoms with Crippen molar-refractivity contribution in [1.82, 2.24) is 4.98 Å². The minimum atomic E-state index is -0.859. The van der Waals surface area contributed by atoms with Crippen molar-refractivity contribution >= 4 is 34.8 Å². The second-order valence-corrected chi connectivity index (χ2v) is 5.77. The van der Waals surface area contributed by atoms with E-state index in [4.69, 9.17) is 27.9 Å². The predicted octanol–water partition coefficient (Wildman–Crippen LogP) is 2.77. The Morgan fingerprint density at radius 2 is 2.05 bits per heavy atom. The maximum atomic E-state index is 10.2. The van der Waals surface area contributed by atoms with Gasteiger partial charge in [0.15, 0.2) is 0 Å². The molecule has 0 bridgehead atoms. The Bertz CT molecular complexity index is 465. The van der Waals surface area contributed by atoms with E-state index in [1.165, 1.54) is 0 Å². The molecule has 3 N–H and O–H groups in total. The smallest absolute Gasteiger partial charge is 0.147 e. The highest BCUT2D eigenvalue weighted by molar-refractivity contribution is 6.37. The number of ether oxygens (including phenoxy) is 1. The van der Waals surface area contributed by atoms with Gasteiger partial charge in [0, 0.05) is 26.1 Å². The largest absolute Gasteiger partial charge is 0.386 e. The number of anilines is 2. The molecular weight excluding hydrogens is 301 g/mol. The molecule has 0 radical (unpaired) electrons. The van der Waals surface area contributed by atoms with E-state index in [9.17, 15) is 5.11 Å². The van der Waals surface area contributed by atoms with Crippen molar-refractivity contribution in [2.24, 2.45) is 0 Å². The maximum Gasteiger partial charge on any atom is 0.147 e. The summed E-state index contributed by atoms with van der Waals surface area (Å²) >= 11 is 12.2. The molecule has 1 aromatic heterocycles. The van der Waals surface area contributed by atoms with E-state index in [2.05, 4.69) is 22.5 Å². The zero-order valence-corrected chi connectivity index (χ0v) is 12.9. The normalized spacial score (nSPS) is 22.0. The quantitative estimate of drug-likeness (QED) is 0.752. The standard InChI is InChI=1S/C13H19Cl2N3O2/c1-2-4-16-11-9(14)6-10(15)12(18-11)17-7-13(19)3-5-20-8-13/h6,19H,2-5,7-8H2,1H3,(H2,16,17,18). The lowest BCUT2D eigenvalue weighted by Gasteiger charge is -2.21. The van der Waals surface area contributed by atoms with Gasteiger partial charge in [-0.1, -0.05) is 30.1 Å². The van der Waals surface area contributed by atoms with Crippen LogP contribution in [0.1, 0.15) is 19.8 Å². The molecule has 0 aliphatic carbocycles. The number of nitrogens with one attached hydrogen (secondary N) is 2. The first-order valence-electron chi connectivity index (χ1n) is 6.68. The van der Waals surface area contributed by atoms with Crippen LogP contribution in [0, 0.1) is 0 Å². The zero-order valence-electron chi connectivity index (χ0n) is 11.4. The number of pyridine rings is 1. The Kier molecular flexibility index (Phi) is 5.32. The van der Waals surface area contributed by atoms with Gasteiger partial charge in [-0.05, 0) is 12.5 Å². The SMILES string of the molecule is CCCNc1nc(NCC2(O)CCOC2)c(Cl)cc1Cl. The monoisotopic (exact) mass is 319 g/mol. The molecule has 7 heteroatoms. The Balaban J connectivity index is 2.06. The van der Waals surface area contributed by atoms with Gasteiger partial charge in [-0.15, -0.1) is 0 Å². The summed E-state index contributed by atoms with van der Waals surface area (Å²) in [5.41, 5.74) is -0.859. The highest BCUT2D eigenvalue weighted by Gasteiger charge is 2.32. The van der Waals surface area contributed by atoms with Crippen LogP contribution in [0.5, 0.6) is 0 Å². The predicted molar refractivity (Wildman–Crippen MR) is 81.9 cm³/mol. The summed E-state index contributed by atoms with van der Waals surface area (Å²) in [6.45, 7) is 4.08. The molecule has 0 amide bonds. The fraction of sp³-hybridized carbons (Fsp3) is 0.615. The molecule has 0 saturated carbocycles. The Labute approximate surface area is 128 Å².